The van der Waals surface area contributed by atoms with Crippen LogP contribution < -0.4 is 5.46 Å². The minimum absolute atomic E-state index is 0.243. The van der Waals surface area contributed by atoms with E-state index in [2.05, 4.69) is 0 Å². The molecule has 0 aliphatic rings. The van der Waals surface area contributed by atoms with E-state index in [1.54, 1.807) is 20.0 Å². The molecule has 1 aromatic carbocycles. The first-order valence-corrected chi connectivity index (χ1v) is 4.60. The maximum absolute atomic E-state index is 13.1. The minimum Gasteiger partial charge on any atom is -0.388 e. The van der Waals surface area contributed by atoms with E-state index in [0.29, 0.717) is 17.4 Å². The number of hydrogen-bond donors (Lipinski definition) is 1. The summed E-state index contributed by atoms with van der Waals surface area (Å²) >= 11 is 0. The minimum atomic E-state index is -0.527. The topological polar surface area (TPSA) is 20.2 Å². The lowest BCUT2D eigenvalue weighted by Gasteiger charge is -2.12. The molecule has 1 unspecified atom stereocenters. The van der Waals surface area contributed by atoms with Crippen LogP contribution in [0.5, 0.6) is 0 Å². The van der Waals surface area contributed by atoms with Crippen LogP contribution in [0.2, 0.25) is 0 Å². The maximum Gasteiger partial charge on any atom is 0.143 e. The maximum atomic E-state index is 13.1. The van der Waals surface area contributed by atoms with Crippen LogP contribution >= 0.6 is 0 Å². The van der Waals surface area contributed by atoms with Crippen molar-refractivity contribution in [1.29, 1.82) is 0 Å². The first-order valence-electron chi connectivity index (χ1n) is 4.60. The monoisotopic (exact) mass is 180 g/mol. The highest BCUT2D eigenvalue weighted by Crippen LogP contribution is 2.16. The average molecular weight is 180 g/mol. The number of halogens is 1. The lowest BCUT2D eigenvalue weighted by atomic mass is 9.86. The van der Waals surface area contributed by atoms with Gasteiger partial charge in [0.05, 0.1) is 6.10 Å². The zero-order valence-electron chi connectivity index (χ0n) is 8.05. The van der Waals surface area contributed by atoms with E-state index in [1.807, 2.05) is 6.92 Å². The first-order chi connectivity index (χ1) is 6.16. The van der Waals surface area contributed by atoms with Gasteiger partial charge in [-0.1, -0.05) is 25.5 Å². The molecule has 0 aromatic heterocycles. The van der Waals surface area contributed by atoms with Crippen molar-refractivity contribution >= 4 is 13.3 Å². The largest absolute Gasteiger partial charge is 0.388 e. The van der Waals surface area contributed by atoms with E-state index in [9.17, 15) is 9.50 Å². The van der Waals surface area contributed by atoms with E-state index in [-0.39, 0.29) is 5.82 Å². The second kappa shape index (κ2) is 4.42. The van der Waals surface area contributed by atoms with Crippen LogP contribution in [-0.2, 0) is 0 Å². The number of hydrogen-bond acceptors (Lipinski definition) is 1. The predicted molar refractivity (Wildman–Crippen MR) is 54.4 cm³/mol. The molecule has 0 heterocycles. The van der Waals surface area contributed by atoms with Crippen LogP contribution in [0.1, 0.15) is 31.4 Å². The fourth-order valence-corrected chi connectivity index (χ4v) is 1.41. The van der Waals surface area contributed by atoms with Gasteiger partial charge in [0.1, 0.15) is 13.7 Å². The molecule has 1 N–H and O–H groups in total. The Labute approximate surface area is 79.0 Å². The first kappa shape index (κ1) is 10.3. The van der Waals surface area contributed by atoms with E-state index in [4.69, 9.17) is 0 Å². The molecular weight excluding hydrogens is 166 g/mol. The van der Waals surface area contributed by atoms with Crippen molar-refractivity contribution in [3.63, 3.8) is 0 Å². The Morgan fingerprint density at radius 1 is 1.54 bits per heavy atom. The molecule has 0 bridgehead atoms. The molecular formula is C10H14BFO. The summed E-state index contributed by atoms with van der Waals surface area (Å²) < 4.78 is 13.1. The summed E-state index contributed by atoms with van der Waals surface area (Å²) in [4.78, 5) is 0. The highest BCUT2D eigenvalue weighted by atomic mass is 19.1. The summed E-state index contributed by atoms with van der Waals surface area (Å²) in [5, 5.41) is 9.66. The van der Waals surface area contributed by atoms with Gasteiger partial charge in [0.2, 0.25) is 0 Å². The van der Waals surface area contributed by atoms with Crippen LogP contribution in [0, 0.1) is 5.82 Å². The molecule has 1 rings (SSSR count). The fourth-order valence-electron chi connectivity index (χ4n) is 1.41. The highest BCUT2D eigenvalue weighted by Gasteiger charge is 2.10. The molecule has 0 aliphatic carbocycles. The SMILES string of the molecule is Bc1c(F)cccc1C(O)CCC. The van der Waals surface area contributed by atoms with E-state index in [1.165, 1.54) is 6.07 Å². The molecule has 3 heteroatoms. The molecule has 0 saturated heterocycles. The predicted octanol–water partition coefficient (Wildman–Crippen LogP) is 0.918. The van der Waals surface area contributed by atoms with Crippen molar-refractivity contribution in [2.75, 3.05) is 0 Å². The van der Waals surface area contributed by atoms with E-state index in [0.717, 1.165) is 6.42 Å². The van der Waals surface area contributed by atoms with E-state index >= 15 is 0 Å². The second-order valence-corrected chi connectivity index (χ2v) is 3.26. The summed E-state index contributed by atoms with van der Waals surface area (Å²) in [6.07, 6.45) is 1.06. The van der Waals surface area contributed by atoms with Gasteiger partial charge in [0.15, 0.2) is 0 Å². The molecule has 0 radical (unpaired) electrons. The normalized spacial score (nSPS) is 12.8. The van der Waals surface area contributed by atoms with Gasteiger partial charge in [-0.2, -0.15) is 0 Å². The van der Waals surface area contributed by atoms with Crippen molar-refractivity contribution in [3.8, 4) is 0 Å². The zero-order valence-corrected chi connectivity index (χ0v) is 8.05. The Morgan fingerprint density at radius 3 is 2.85 bits per heavy atom. The third-order valence-corrected chi connectivity index (χ3v) is 2.23. The molecule has 1 aromatic rings. The van der Waals surface area contributed by atoms with Crippen molar-refractivity contribution in [3.05, 3.63) is 29.6 Å². The molecule has 1 nitrogen and oxygen atoms in total. The van der Waals surface area contributed by atoms with E-state index < -0.39 is 6.10 Å². The van der Waals surface area contributed by atoms with Gasteiger partial charge in [-0.25, -0.2) is 4.39 Å². The van der Waals surface area contributed by atoms with Crippen LogP contribution in [0.15, 0.2) is 18.2 Å². The molecule has 13 heavy (non-hydrogen) atoms. The molecule has 0 saturated carbocycles. The Bertz CT molecular complexity index is 288. The molecule has 0 aliphatic heterocycles. The van der Waals surface area contributed by atoms with Gasteiger partial charge in [0.25, 0.3) is 0 Å². The Morgan fingerprint density at radius 2 is 2.23 bits per heavy atom. The number of rotatable bonds is 3. The van der Waals surface area contributed by atoms with Crippen molar-refractivity contribution in [2.45, 2.75) is 25.9 Å². The molecule has 0 amide bonds. The number of aliphatic hydroxyl groups excluding tert-OH is 1. The van der Waals surface area contributed by atoms with Crippen molar-refractivity contribution in [2.24, 2.45) is 0 Å². The Balaban J connectivity index is 2.93. The molecule has 0 spiro atoms. The van der Waals surface area contributed by atoms with Gasteiger partial charge in [-0.15, -0.1) is 0 Å². The van der Waals surface area contributed by atoms with Crippen molar-refractivity contribution in [1.82, 2.24) is 0 Å². The summed E-state index contributed by atoms with van der Waals surface area (Å²) in [5.41, 5.74) is 1.27. The third-order valence-electron chi connectivity index (χ3n) is 2.23. The van der Waals surface area contributed by atoms with Gasteiger partial charge < -0.3 is 5.11 Å². The molecule has 70 valence electrons. The lowest BCUT2D eigenvalue weighted by molar-refractivity contribution is 0.167. The standard InChI is InChI=1S/C10H14BFO/c1-2-4-9(13)7-5-3-6-8(12)10(7)11/h3,5-6,9,13H,2,4,11H2,1H3. The summed E-state index contributed by atoms with van der Waals surface area (Å²) in [6.45, 7) is 2.00. The average Bonchev–Trinajstić information content (AvgIpc) is 2.10. The Hall–Kier alpha value is -0.825. The van der Waals surface area contributed by atoms with Gasteiger partial charge in [-0.3, -0.25) is 0 Å². The van der Waals surface area contributed by atoms with Gasteiger partial charge in [0, 0.05) is 0 Å². The van der Waals surface area contributed by atoms with Crippen LogP contribution in [0.4, 0.5) is 4.39 Å². The quantitative estimate of drug-likeness (QED) is 0.685. The van der Waals surface area contributed by atoms with Crippen molar-refractivity contribution < 1.29 is 9.50 Å². The third kappa shape index (κ3) is 2.31. The fraction of sp³-hybridized carbons (Fsp3) is 0.400. The summed E-state index contributed by atoms with van der Waals surface area (Å²) in [6, 6.07) is 4.83. The summed E-state index contributed by atoms with van der Waals surface area (Å²) in [5.74, 6) is -0.243. The highest BCUT2D eigenvalue weighted by molar-refractivity contribution is 6.33. The smallest absolute Gasteiger partial charge is 0.143 e. The van der Waals surface area contributed by atoms with Crippen LogP contribution in [0.3, 0.4) is 0 Å². The Kier molecular flexibility index (Phi) is 3.49. The number of benzene rings is 1. The van der Waals surface area contributed by atoms with Crippen LogP contribution in [0.25, 0.3) is 0 Å². The van der Waals surface area contributed by atoms with Crippen LogP contribution in [-0.4, -0.2) is 13.0 Å². The van der Waals surface area contributed by atoms with Gasteiger partial charge in [-0.05, 0) is 23.5 Å². The summed E-state index contributed by atoms with van der Waals surface area (Å²) in [7, 11) is 1.70. The van der Waals surface area contributed by atoms with Gasteiger partial charge >= 0.3 is 0 Å². The second-order valence-electron chi connectivity index (χ2n) is 3.26. The number of aliphatic hydroxyl groups is 1. The molecule has 0 fully saturated rings. The lowest BCUT2D eigenvalue weighted by Crippen LogP contribution is -2.17. The zero-order chi connectivity index (χ0) is 9.84. The molecule has 1 atom stereocenters.